The minimum atomic E-state index is 0.915. The van der Waals surface area contributed by atoms with Crippen LogP contribution in [-0.4, -0.2) is 0 Å². The molecule has 0 spiro atoms. The van der Waals surface area contributed by atoms with Gasteiger partial charge in [0.25, 0.3) is 0 Å². The zero-order valence-electron chi connectivity index (χ0n) is 30.6. The Balaban J connectivity index is 1.10. The fourth-order valence-corrected chi connectivity index (χ4v) is 8.62. The predicted molar refractivity (Wildman–Crippen MR) is 237 cm³/mol. The highest BCUT2D eigenvalue weighted by Gasteiger charge is 2.18. The Hall–Kier alpha value is -7.42. The second-order valence-electron chi connectivity index (χ2n) is 14.5. The maximum atomic E-state index is 6.38. The van der Waals surface area contributed by atoms with Gasteiger partial charge < -0.3 is 9.32 Å². The van der Waals surface area contributed by atoms with Gasteiger partial charge in [0.05, 0.1) is 0 Å². The molecule has 11 aromatic rings. The molecule has 0 amide bonds. The average Bonchev–Trinajstić information content (AvgIpc) is 3.66. The van der Waals surface area contributed by atoms with Crippen LogP contribution in [0.25, 0.3) is 87.6 Å². The summed E-state index contributed by atoms with van der Waals surface area (Å²) >= 11 is 0. The molecule has 1 aromatic heterocycles. The van der Waals surface area contributed by atoms with Crippen molar-refractivity contribution >= 4 is 71.3 Å². The molecule has 2 heteroatoms. The van der Waals surface area contributed by atoms with Gasteiger partial charge in [-0.2, -0.15) is 0 Å². The molecule has 262 valence electrons. The van der Waals surface area contributed by atoms with Gasteiger partial charge >= 0.3 is 0 Å². The zero-order valence-corrected chi connectivity index (χ0v) is 30.6. The molecule has 56 heavy (non-hydrogen) atoms. The Morgan fingerprint density at radius 3 is 1.32 bits per heavy atom. The molecule has 0 atom stereocenters. The summed E-state index contributed by atoms with van der Waals surface area (Å²) in [5.41, 5.74) is 12.2. The Bertz CT molecular complexity index is 3170. The third-order valence-corrected chi connectivity index (χ3v) is 11.2. The lowest BCUT2D eigenvalue weighted by atomic mass is 9.90. The molecule has 0 fully saturated rings. The summed E-state index contributed by atoms with van der Waals surface area (Å²) in [7, 11) is 0. The molecule has 2 nitrogen and oxygen atoms in total. The Morgan fingerprint density at radius 1 is 0.250 bits per heavy atom. The first kappa shape index (κ1) is 32.0. The first-order valence-electron chi connectivity index (χ1n) is 19.2. The molecule has 0 aliphatic heterocycles. The van der Waals surface area contributed by atoms with Crippen molar-refractivity contribution in [3.8, 4) is 33.4 Å². The minimum Gasteiger partial charge on any atom is -0.456 e. The quantitative estimate of drug-likeness (QED) is 0.160. The number of hydrogen-bond acceptors (Lipinski definition) is 2. The van der Waals surface area contributed by atoms with E-state index in [1.807, 2.05) is 6.07 Å². The monoisotopic (exact) mass is 713 g/mol. The van der Waals surface area contributed by atoms with Gasteiger partial charge in [-0.25, -0.2) is 0 Å². The van der Waals surface area contributed by atoms with Crippen molar-refractivity contribution in [2.75, 3.05) is 4.90 Å². The number of benzene rings is 10. The summed E-state index contributed by atoms with van der Waals surface area (Å²) < 4.78 is 6.38. The topological polar surface area (TPSA) is 16.4 Å². The van der Waals surface area contributed by atoms with Gasteiger partial charge in [0.2, 0.25) is 0 Å². The smallest absolute Gasteiger partial charge is 0.136 e. The number of fused-ring (bicyclic) bond motifs is 10. The molecule has 0 radical (unpaired) electrons. The van der Waals surface area contributed by atoms with Crippen LogP contribution in [0.15, 0.2) is 217 Å². The van der Waals surface area contributed by atoms with Gasteiger partial charge in [0.1, 0.15) is 11.2 Å². The standard InChI is InChI=1S/C54H35NO/c1-3-14-36(15-4-1)38-18-11-21-42(32-38)55(43-22-12-19-39(33-43)37-16-5-2-6-17-37)44-23-13-20-40(34-44)41-28-29-46-45-24-7-8-25-47(45)53-48(50(46)35-41)30-31-52-54(53)49-26-9-10-27-51(49)56-52/h1-35H. The molecule has 0 saturated heterocycles. The van der Waals surface area contributed by atoms with E-state index < -0.39 is 0 Å². The zero-order chi connectivity index (χ0) is 37.0. The van der Waals surface area contributed by atoms with Crippen molar-refractivity contribution in [2.45, 2.75) is 0 Å². The summed E-state index contributed by atoms with van der Waals surface area (Å²) in [4.78, 5) is 2.38. The van der Waals surface area contributed by atoms with Crippen molar-refractivity contribution in [2.24, 2.45) is 0 Å². The lowest BCUT2D eigenvalue weighted by Gasteiger charge is -2.27. The SMILES string of the molecule is c1ccc(-c2cccc(N(c3cccc(-c4ccccc4)c3)c3cccc(-c4ccc5c6ccccc6c6c(ccc7oc8ccccc8c76)c5c4)c3)c2)cc1. The van der Waals surface area contributed by atoms with Gasteiger partial charge in [-0.05, 0) is 121 Å². The van der Waals surface area contributed by atoms with E-state index in [1.54, 1.807) is 0 Å². The highest BCUT2D eigenvalue weighted by Crippen LogP contribution is 2.44. The molecule has 1 heterocycles. The number of rotatable bonds is 6. The van der Waals surface area contributed by atoms with E-state index >= 15 is 0 Å². The van der Waals surface area contributed by atoms with Crippen LogP contribution in [0.3, 0.4) is 0 Å². The minimum absolute atomic E-state index is 0.915. The Kier molecular flexibility index (Phi) is 7.53. The van der Waals surface area contributed by atoms with Crippen LogP contribution in [0.4, 0.5) is 17.1 Å². The molecule has 10 aromatic carbocycles. The fourth-order valence-electron chi connectivity index (χ4n) is 8.62. The first-order valence-corrected chi connectivity index (χ1v) is 19.2. The van der Waals surface area contributed by atoms with E-state index in [-0.39, 0.29) is 0 Å². The van der Waals surface area contributed by atoms with E-state index in [4.69, 9.17) is 4.42 Å². The molecular formula is C54H35NO. The van der Waals surface area contributed by atoms with E-state index in [1.165, 1.54) is 65.5 Å². The van der Waals surface area contributed by atoms with E-state index in [0.717, 1.165) is 39.2 Å². The average molecular weight is 714 g/mol. The van der Waals surface area contributed by atoms with Crippen LogP contribution in [0.1, 0.15) is 0 Å². The summed E-state index contributed by atoms with van der Waals surface area (Å²) in [5.74, 6) is 0. The normalized spacial score (nSPS) is 11.6. The van der Waals surface area contributed by atoms with E-state index in [9.17, 15) is 0 Å². The number of nitrogens with zero attached hydrogens (tertiary/aromatic N) is 1. The number of anilines is 3. The van der Waals surface area contributed by atoms with Gasteiger partial charge in [-0.1, -0.05) is 152 Å². The van der Waals surface area contributed by atoms with Gasteiger partial charge in [0, 0.05) is 33.2 Å². The molecule has 0 aliphatic carbocycles. The Morgan fingerprint density at radius 2 is 0.696 bits per heavy atom. The highest BCUT2D eigenvalue weighted by molar-refractivity contribution is 6.34. The largest absolute Gasteiger partial charge is 0.456 e. The number of para-hydroxylation sites is 1. The van der Waals surface area contributed by atoms with Crippen molar-refractivity contribution in [1.82, 2.24) is 0 Å². The molecular weight excluding hydrogens is 679 g/mol. The van der Waals surface area contributed by atoms with Crippen molar-refractivity contribution in [3.05, 3.63) is 212 Å². The third-order valence-electron chi connectivity index (χ3n) is 11.2. The summed E-state index contributed by atoms with van der Waals surface area (Å²) in [6.45, 7) is 0. The summed E-state index contributed by atoms with van der Waals surface area (Å²) in [5, 5.41) is 9.76. The van der Waals surface area contributed by atoms with Crippen LogP contribution < -0.4 is 4.90 Å². The number of hydrogen-bond donors (Lipinski definition) is 0. The number of furan rings is 1. The second kappa shape index (κ2) is 13.2. The summed E-state index contributed by atoms with van der Waals surface area (Å²) in [6.07, 6.45) is 0. The maximum absolute atomic E-state index is 6.38. The molecule has 0 bridgehead atoms. The van der Waals surface area contributed by atoms with Gasteiger partial charge in [-0.3, -0.25) is 0 Å². The van der Waals surface area contributed by atoms with Crippen LogP contribution in [0.2, 0.25) is 0 Å². The lowest BCUT2D eigenvalue weighted by Crippen LogP contribution is -2.10. The van der Waals surface area contributed by atoms with Crippen molar-refractivity contribution in [1.29, 1.82) is 0 Å². The van der Waals surface area contributed by atoms with E-state index in [0.29, 0.717) is 0 Å². The molecule has 11 rings (SSSR count). The van der Waals surface area contributed by atoms with Crippen LogP contribution >= 0.6 is 0 Å². The molecule has 0 aliphatic rings. The first-order chi connectivity index (χ1) is 27.8. The molecule has 0 saturated carbocycles. The maximum Gasteiger partial charge on any atom is 0.136 e. The van der Waals surface area contributed by atoms with Crippen molar-refractivity contribution < 1.29 is 4.42 Å². The van der Waals surface area contributed by atoms with Crippen LogP contribution in [0.5, 0.6) is 0 Å². The van der Waals surface area contributed by atoms with Crippen LogP contribution in [0, 0.1) is 0 Å². The van der Waals surface area contributed by atoms with E-state index in [2.05, 4.69) is 211 Å². The van der Waals surface area contributed by atoms with Gasteiger partial charge in [0.15, 0.2) is 0 Å². The molecule has 0 N–H and O–H groups in total. The highest BCUT2D eigenvalue weighted by atomic mass is 16.3. The van der Waals surface area contributed by atoms with Crippen LogP contribution in [-0.2, 0) is 0 Å². The van der Waals surface area contributed by atoms with Crippen molar-refractivity contribution in [3.63, 3.8) is 0 Å². The fraction of sp³-hybridized carbons (Fsp3) is 0. The Labute approximate surface area is 325 Å². The second-order valence-corrected chi connectivity index (χ2v) is 14.5. The summed E-state index contributed by atoms with van der Waals surface area (Å²) in [6, 6.07) is 76.5. The predicted octanol–water partition coefficient (Wildman–Crippen LogP) is 15.5. The molecule has 0 unspecified atom stereocenters. The lowest BCUT2D eigenvalue weighted by molar-refractivity contribution is 0.669. The third kappa shape index (κ3) is 5.34. The van der Waals surface area contributed by atoms with Gasteiger partial charge in [-0.15, -0.1) is 0 Å².